The fourth-order valence-electron chi connectivity index (χ4n) is 1.82. The summed E-state index contributed by atoms with van der Waals surface area (Å²) in [5.74, 6) is -0.119. The highest BCUT2D eigenvalue weighted by Gasteiger charge is 2.30. The van der Waals surface area contributed by atoms with Gasteiger partial charge in [0.05, 0.1) is 6.61 Å². The molecule has 92 valence electrons. The zero-order valence-electron chi connectivity index (χ0n) is 9.74. The van der Waals surface area contributed by atoms with E-state index in [4.69, 9.17) is 5.11 Å². The van der Waals surface area contributed by atoms with Gasteiger partial charge in [0.1, 0.15) is 6.04 Å². The van der Waals surface area contributed by atoms with E-state index in [1.807, 2.05) is 0 Å². The van der Waals surface area contributed by atoms with Crippen molar-refractivity contribution in [2.45, 2.75) is 38.6 Å². The van der Waals surface area contributed by atoms with Crippen LogP contribution in [0.3, 0.4) is 0 Å². The van der Waals surface area contributed by atoms with E-state index in [1.54, 1.807) is 4.90 Å². The fraction of sp³-hybridized carbons (Fsp3) is 0.818. The standard InChI is InChI=1S/C11H20N2O3/c1-2-3-6-13(7-8-14)11(16)9-4-5-10(15)12-9/h9,14H,2-8H2,1H3,(H,12,15)/t9-/m1/s1. The van der Waals surface area contributed by atoms with Gasteiger partial charge in [-0.15, -0.1) is 0 Å². The molecule has 0 unspecified atom stereocenters. The number of aliphatic hydroxyl groups is 1. The first-order valence-corrected chi connectivity index (χ1v) is 5.88. The molecule has 1 aliphatic rings. The molecule has 0 bridgehead atoms. The average Bonchev–Trinajstić information content (AvgIpc) is 2.70. The van der Waals surface area contributed by atoms with Crippen LogP contribution in [0.2, 0.25) is 0 Å². The minimum Gasteiger partial charge on any atom is -0.395 e. The van der Waals surface area contributed by atoms with Gasteiger partial charge in [-0.25, -0.2) is 0 Å². The van der Waals surface area contributed by atoms with E-state index < -0.39 is 0 Å². The number of nitrogens with zero attached hydrogens (tertiary/aromatic N) is 1. The first-order chi connectivity index (χ1) is 7.69. The van der Waals surface area contributed by atoms with Crippen molar-refractivity contribution >= 4 is 11.8 Å². The van der Waals surface area contributed by atoms with Crippen LogP contribution in [0.5, 0.6) is 0 Å². The second-order valence-corrected chi connectivity index (χ2v) is 4.06. The third-order valence-corrected chi connectivity index (χ3v) is 2.76. The van der Waals surface area contributed by atoms with Crippen LogP contribution < -0.4 is 5.32 Å². The Hall–Kier alpha value is -1.10. The first kappa shape index (κ1) is 13.0. The SMILES string of the molecule is CCCCN(CCO)C(=O)[C@H]1CCC(=O)N1. The smallest absolute Gasteiger partial charge is 0.245 e. The Morgan fingerprint density at radius 1 is 1.56 bits per heavy atom. The zero-order valence-corrected chi connectivity index (χ0v) is 9.74. The van der Waals surface area contributed by atoms with E-state index in [-0.39, 0.29) is 24.5 Å². The Balaban J connectivity index is 2.48. The highest BCUT2D eigenvalue weighted by molar-refractivity contribution is 5.90. The summed E-state index contributed by atoms with van der Waals surface area (Å²) in [5.41, 5.74) is 0. The van der Waals surface area contributed by atoms with Crippen LogP contribution in [0.25, 0.3) is 0 Å². The molecule has 0 aliphatic carbocycles. The summed E-state index contributed by atoms with van der Waals surface area (Å²) in [6.45, 7) is 3.03. The normalized spacial score (nSPS) is 19.6. The van der Waals surface area contributed by atoms with Gasteiger partial charge in [0, 0.05) is 19.5 Å². The van der Waals surface area contributed by atoms with Crippen molar-refractivity contribution in [2.75, 3.05) is 19.7 Å². The van der Waals surface area contributed by atoms with Gasteiger partial charge < -0.3 is 15.3 Å². The summed E-state index contributed by atoms with van der Waals surface area (Å²) in [6.07, 6.45) is 2.93. The van der Waals surface area contributed by atoms with Gasteiger partial charge in [-0.05, 0) is 12.8 Å². The monoisotopic (exact) mass is 228 g/mol. The van der Waals surface area contributed by atoms with Gasteiger partial charge in [0.25, 0.3) is 0 Å². The molecule has 16 heavy (non-hydrogen) atoms. The van der Waals surface area contributed by atoms with Gasteiger partial charge in [0.2, 0.25) is 11.8 Å². The third-order valence-electron chi connectivity index (χ3n) is 2.76. The van der Waals surface area contributed by atoms with Gasteiger partial charge in [-0.2, -0.15) is 0 Å². The largest absolute Gasteiger partial charge is 0.395 e. The van der Waals surface area contributed by atoms with E-state index in [0.717, 1.165) is 12.8 Å². The van der Waals surface area contributed by atoms with Crippen LogP contribution in [0.1, 0.15) is 32.6 Å². The summed E-state index contributed by atoms with van der Waals surface area (Å²) in [7, 11) is 0. The number of hydrogen-bond donors (Lipinski definition) is 2. The van der Waals surface area contributed by atoms with E-state index in [9.17, 15) is 9.59 Å². The molecule has 1 saturated heterocycles. The van der Waals surface area contributed by atoms with Crippen LogP contribution in [-0.2, 0) is 9.59 Å². The average molecular weight is 228 g/mol. The van der Waals surface area contributed by atoms with Crippen LogP contribution in [-0.4, -0.2) is 47.6 Å². The van der Waals surface area contributed by atoms with Crippen molar-refractivity contribution in [3.63, 3.8) is 0 Å². The third kappa shape index (κ3) is 3.48. The summed E-state index contributed by atoms with van der Waals surface area (Å²) >= 11 is 0. The molecule has 0 saturated carbocycles. The van der Waals surface area contributed by atoms with Gasteiger partial charge >= 0.3 is 0 Å². The van der Waals surface area contributed by atoms with Crippen LogP contribution in [0.4, 0.5) is 0 Å². The predicted octanol–water partition coefficient (Wildman–Crippen LogP) is -0.114. The van der Waals surface area contributed by atoms with Crippen molar-refractivity contribution in [3.8, 4) is 0 Å². The maximum Gasteiger partial charge on any atom is 0.245 e. The molecule has 0 aromatic heterocycles. The number of hydrogen-bond acceptors (Lipinski definition) is 3. The summed E-state index contributed by atoms with van der Waals surface area (Å²) in [6, 6.07) is -0.379. The summed E-state index contributed by atoms with van der Waals surface area (Å²) in [5, 5.41) is 11.6. The Labute approximate surface area is 95.8 Å². The molecule has 1 fully saturated rings. The first-order valence-electron chi connectivity index (χ1n) is 5.88. The second kappa shape index (κ2) is 6.48. The van der Waals surface area contributed by atoms with Crippen LogP contribution in [0, 0.1) is 0 Å². The van der Waals surface area contributed by atoms with Crippen LogP contribution >= 0.6 is 0 Å². The molecule has 0 aromatic rings. The fourth-order valence-corrected chi connectivity index (χ4v) is 1.82. The number of unbranched alkanes of at least 4 members (excludes halogenated alkanes) is 1. The molecule has 1 rings (SSSR count). The molecule has 5 nitrogen and oxygen atoms in total. The predicted molar refractivity (Wildman–Crippen MR) is 59.7 cm³/mol. The van der Waals surface area contributed by atoms with E-state index in [0.29, 0.717) is 25.9 Å². The Kier molecular flexibility index (Phi) is 5.25. The van der Waals surface area contributed by atoms with Gasteiger partial charge in [-0.3, -0.25) is 9.59 Å². The maximum atomic E-state index is 12.0. The minimum atomic E-state index is -0.379. The van der Waals surface area contributed by atoms with E-state index >= 15 is 0 Å². The molecule has 0 radical (unpaired) electrons. The molecule has 2 amide bonds. The van der Waals surface area contributed by atoms with Crippen molar-refractivity contribution in [1.29, 1.82) is 0 Å². The van der Waals surface area contributed by atoms with E-state index in [1.165, 1.54) is 0 Å². The topological polar surface area (TPSA) is 69.6 Å². The second-order valence-electron chi connectivity index (χ2n) is 4.06. The van der Waals surface area contributed by atoms with Crippen molar-refractivity contribution in [3.05, 3.63) is 0 Å². The lowest BCUT2D eigenvalue weighted by atomic mass is 10.2. The molecule has 0 aromatic carbocycles. The number of rotatable bonds is 6. The highest BCUT2D eigenvalue weighted by Crippen LogP contribution is 2.10. The highest BCUT2D eigenvalue weighted by atomic mass is 16.3. The number of nitrogens with one attached hydrogen (secondary N) is 1. The van der Waals surface area contributed by atoms with Crippen molar-refractivity contribution in [1.82, 2.24) is 10.2 Å². The lowest BCUT2D eigenvalue weighted by Crippen LogP contribution is -2.45. The number of carbonyl (C=O) groups is 2. The number of amides is 2. The maximum absolute atomic E-state index is 12.0. The molecule has 5 heteroatoms. The molecule has 1 aliphatic heterocycles. The molecular weight excluding hydrogens is 208 g/mol. The quantitative estimate of drug-likeness (QED) is 0.666. The van der Waals surface area contributed by atoms with E-state index in [2.05, 4.69) is 12.2 Å². The van der Waals surface area contributed by atoms with Gasteiger partial charge in [0.15, 0.2) is 0 Å². The molecule has 1 heterocycles. The lowest BCUT2D eigenvalue weighted by Gasteiger charge is -2.24. The summed E-state index contributed by atoms with van der Waals surface area (Å²) in [4.78, 5) is 24.6. The molecule has 0 spiro atoms. The lowest BCUT2D eigenvalue weighted by molar-refractivity contribution is -0.134. The van der Waals surface area contributed by atoms with Crippen LogP contribution in [0.15, 0.2) is 0 Å². The zero-order chi connectivity index (χ0) is 12.0. The summed E-state index contributed by atoms with van der Waals surface area (Å²) < 4.78 is 0. The Morgan fingerprint density at radius 2 is 2.31 bits per heavy atom. The number of carbonyl (C=O) groups excluding carboxylic acids is 2. The van der Waals surface area contributed by atoms with Crippen molar-refractivity contribution < 1.29 is 14.7 Å². The molecule has 2 N–H and O–H groups in total. The Morgan fingerprint density at radius 3 is 2.81 bits per heavy atom. The minimum absolute atomic E-state index is 0.0316. The molecular formula is C11H20N2O3. The van der Waals surface area contributed by atoms with Crippen molar-refractivity contribution in [2.24, 2.45) is 0 Å². The Bertz CT molecular complexity index is 256. The van der Waals surface area contributed by atoms with Gasteiger partial charge in [-0.1, -0.05) is 13.3 Å². The molecule has 1 atom stereocenters. The number of aliphatic hydroxyl groups excluding tert-OH is 1.